The standard InChI is InChI=1S/C20H21Cl2N3O/c1-3-25(4-2)12-13-9-15(11-17(22)20(13)26)24-18-7-8-23-19-10-14(21)5-6-16(18)19/h5-11,26H,3-4,12H2,1-2H3,(H,23,24). The van der Waals surface area contributed by atoms with E-state index in [1.54, 1.807) is 12.3 Å². The van der Waals surface area contributed by atoms with E-state index in [-0.39, 0.29) is 5.75 Å². The Bertz CT molecular complexity index is 926. The molecule has 3 aromatic rings. The van der Waals surface area contributed by atoms with Crippen molar-refractivity contribution >= 4 is 45.5 Å². The topological polar surface area (TPSA) is 48.4 Å². The normalized spacial score (nSPS) is 11.3. The molecule has 0 aliphatic carbocycles. The summed E-state index contributed by atoms with van der Waals surface area (Å²) in [6.07, 6.45) is 1.74. The molecule has 136 valence electrons. The molecule has 3 rings (SSSR count). The zero-order chi connectivity index (χ0) is 18.7. The number of fused-ring (bicyclic) bond motifs is 1. The van der Waals surface area contributed by atoms with Crippen LogP contribution in [0.1, 0.15) is 19.4 Å². The number of hydrogen-bond acceptors (Lipinski definition) is 4. The molecule has 2 aromatic carbocycles. The van der Waals surface area contributed by atoms with E-state index in [0.717, 1.165) is 40.9 Å². The van der Waals surface area contributed by atoms with Crippen LogP contribution in [0, 0.1) is 0 Å². The van der Waals surface area contributed by atoms with Gasteiger partial charge in [0.2, 0.25) is 0 Å². The fraction of sp³-hybridized carbons (Fsp3) is 0.250. The van der Waals surface area contributed by atoms with Crippen molar-refractivity contribution in [3.8, 4) is 5.75 Å². The number of nitrogens with one attached hydrogen (secondary N) is 1. The number of halogens is 2. The van der Waals surface area contributed by atoms with Gasteiger partial charge in [0.1, 0.15) is 5.75 Å². The SMILES string of the molecule is CCN(CC)Cc1cc(Nc2ccnc3cc(Cl)ccc23)cc(Cl)c1O. The van der Waals surface area contributed by atoms with Crippen LogP contribution in [0.15, 0.2) is 42.6 Å². The fourth-order valence-corrected chi connectivity index (χ4v) is 3.33. The Labute approximate surface area is 163 Å². The first-order chi connectivity index (χ1) is 12.5. The van der Waals surface area contributed by atoms with Gasteiger partial charge in [0.15, 0.2) is 0 Å². The molecular weight excluding hydrogens is 369 g/mol. The van der Waals surface area contributed by atoms with Gasteiger partial charge in [-0.3, -0.25) is 9.88 Å². The summed E-state index contributed by atoms with van der Waals surface area (Å²) in [6, 6.07) is 11.2. The molecule has 0 bridgehead atoms. The van der Waals surface area contributed by atoms with Crippen molar-refractivity contribution in [1.29, 1.82) is 0 Å². The highest BCUT2D eigenvalue weighted by Crippen LogP contribution is 2.34. The molecule has 2 N–H and O–H groups in total. The van der Waals surface area contributed by atoms with E-state index in [4.69, 9.17) is 23.2 Å². The lowest BCUT2D eigenvalue weighted by molar-refractivity contribution is 0.291. The van der Waals surface area contributed by atoms with Crippen molar-refractivity contribution in [1.82, 2.24) is 9.88 Å². The summed E-state index contributed by atoms with van der Waals surface area (Å²) in [5, 5.41) is 15.7. The Morgan fingerprint density at radius 1 is 1.08 bits per heavy atom. The molecule has 0 aliphatic heterocycles. The molecule has 1 heterocycles. The van der Waals surface area contributed by atoms with E-state index in [1.165, 1.54) is 0 Å². The van der Waals surface area contributed by atoms with Crippen LogP contribution in [-0.2, 0) is 6.54 Å². The lowest BCUT2D eigenvalue weighted by Crippen LogP contribution is -2.22. The summed E-state index contributed by atoms with van der Waals surface area (Å²) in [4.78, 5) is 6.58. The van der Waals surface area contributed by atoms with Gasteiger partial charge in [0.25, 0.3) is 0 Å². The van der Waals surface area contributed by atoms with Crippen LogP contribution in [0.4, 0.5) is 11.4 Å². The number of aromatic nitrogens is 1. The number of phenolic OH excluding ortho intramolecular Hbond substituents is 1. The number of hydrogen-bond donors (Lipinski definition) is 2. The molecule has 26 heavy (non-hydrogen) atoms. The average Bonchev–Trinajstić information content (AvgIpc) is 2.63. The highest BCUT2D eigenvalue weighted by atomic mass is 35.5. The Morgan fingerprint density at radius 3 is 2.58 bits per heavy atom. The first kappa shape index (κ1) is 18.8. The Hall–Kier alpha value is -2.01. The quantitative estimate of drug-likeness (QED) is 0.520. The van der Waals surface area contributed by atoms with E-state index in [1.807, 2.05) is 30.3 Å². The minimum absolute atomic E-state index is 0.135. The van der Waals surface area contributed by atoms with E-state index in [0.29, 0.717) is 16.6 Å². The predicted molar refractivity (Wildman–Crippen MR) is 110 cm³/mol. The van der Waals surface area contributed by atoms with Gasteiger partial charge in [-0.15, -0.1) is 0 Å². The molecule has 1 aromatic heterocycles. The minimum Gasteiger partial charge on any atom is -0.506 e. The van der Waals surface area contributed by atoms with Crippen LogP contribution >= 0.6 is 23.2 Å². The summed E-state index contributed by atoms with van der Waals surface area (Å²) in [7, 11) is 0. The molecule has 0 unspecified atom stereocenters. The highest BCUT2D eigenvalue weighted by molar-refractivity contribution is 6.32. The second kappa shape index (κ2) is 8.12. The van der Waals surface area contributed by atoms with Gasteiger partial charge in [-0.1, -0.05) is 37.0 Å². The summed E-state index contributed by atoms with van der Waals surface area (Å²) < 4.78 is 0. The number of benzene rings is 2. The summed E-state index contributed by atoms with van der Waals surface area (Å²) in [5.74, 6) is 0.135. The van der Waals surface area contributed by atoms with Gasteiger partial charge >= 0.3 is 0 Å². The van der Waals surface area contributed by atoms with Gasteiger partial charge in [0, 0.05) is 40.1 Å². The molecule has 0 atom stereocenters. The van der Waals surface area contributed by atoms with Gasteiger partial charge in [-0.05, 0) is 49.5 Å². The van der Waals surface area contributed by atoms with E-state index >= 15 is 0 Å². The molecule has 0 radical (unpaired) electrons. The molecule has 0 amide bonds. The monoisotopic (exact) mass is 389 g/mol. The van der Waals surface area contributed by atoms with Crippen LogP contribution < -0.4 is 5.32 Å². The van der Waals surface area contributed by atoms with Gasteiger partial charge in [-0.2, -0.15) is 0 Å². The van der Waals surface area contributed by atoms with Crippen molar-refractivity contribution in [3.63, 3.8) is 0 Å². The molecule has 4 nitrogen and oxygen atoms in total. The number of nitrogens with zero attached hydrogens (tertiary/aromatic N) is 2. The van der Waals surface area contributed by atoms with Crippen molar-refractivity contribution in [2.24, 2.45) is 0 Å². The first-order valence-electron chi connectivity index (χ1n) is 8.56. The van der Waals surface area contributed by atoms with E-state index < -0.39 is 0 Å². The molecule has 0 aliphatic rings. The van der Waals surface area contributed by atoms with Crippen LogP contribution in [-0.4, -0.2) is 28.1 Å². The Kier molecular flexibility index (Phi) is 5.87. The van der Waals surface area contributed by atoms with Crippen molar-refractivity contribution in [3.05, 3.63) is 58.2 Å². The van der Waals surface area contributed by atoms with Crippen LogP contribution in [0.25, 0.3) is 10.9 Å². The third-order valence-corrected chi connectivity index (χ3v) is 4.94. The number of pyridine rings is 1. The van der Waals surface area contributed by atoms with Gasteiger partial charge in [-0.25, -0.2) is 0 Å². The zero-order valence-electron chi connectivity index (χ0n) is 14.8. The van der Waals surface area contributed by atoms with Crippen LogP contribution in [0.3, 0.4) is 0 Å². The average molecular weight is 390 g/mol. The second-order valence-corrected chi connectivity index (χ2v) is 6.92. The smallest absolute Gasteiger partial charge is 0.138 e. The van der Waals surface area contributed by atoms with E-state index in [9.17, 15) is 5.11 Å². The van der Waals surface area contributed by atoms with Crippen molar-refractivity contribution in [2.75, 3.05) is 18.4 Å². The van der Waals surface area contributed by atoms with Gasteiger partial charge < -0.3 is 10.4 Å². The molecule has 6 heteroatoms. The fourth-order valence-electron chi connectivity index (χ4n) is 2.92. The maximum absolute atomic E-state index is 10.3. The highest BCUT2D eigenvalue weighted by Gasteiger charge is 2.12. The predicted octanol–water partition coefficient (Wildman–Crippen LogP) is 5.83. The lowest BCUT2D eigenvalue weighted by Gasteiger charge is -2.20. The molecule has 0 fully saturated rings. The second-order valence-electron chi connectivity index (χ2n) is 6.07. The molecule has 0 spiro atoms. The number of phenols is 1. The maximum Gasteiger partial charge on any atom is 0.138 e. The molecule has 0 saturated carbocycles. The summed E-state index contributed by atoms with van der Waals surface area (Å²) in [6.45, 7) is 6.64. The van der Waals surface area contributed by atoms with Crippen LogP contribution in [0.5, 0.6) is 5.75 Å². The van der Waals surface area contributed by atoms with Gasteiger partial charge in [0.05, 0.1) is 10.5 Å². The Balaban J connectivity index is 1.97. The molecular formula is C20H21Cl2N3O. The third kappa shape index (κ3) is 4.04. The van der Waals surface area contributed by atoms with Crippen molar-refractivity contribution < 1.29 is 5.11 Å². The minimum atomic E-state index is 0.135. The first-order valence-corrected chi connectivity index (χ1v) is 9.32. The van der Waals surface area contributed by atoms with Crippen LogP contribution in [0.2, 0.25) is 10.0 Å². The number of aromatic hydroxyl groups is 1. The third-order valence-electron chi connectivity index (χ3n) is 4.41. The number of rotatable bonds is 6. The van der Waals surface area contributed by atoms with E-state index in [2.05, 4.69) is 29.0 Å². The largest absolute Gasteiger partial charge is 0.506 e. The molecule has 0 saturated heterocycles. The number of anilines is 2. The Morgan fingerprint density at radius 2 is 1.85 bits per heavy atom. The van der Waals surface area contributed by atoms with Crippen molar-refractivity contribution in [2.45, 2.75) is 20.4 Å². The maximum atomic E-state index is 10.3. The zero-order valence-corrected chi connectivity index (χ0v) is 16.3. The summed E-state index contributed by atoms with van der Waals surface area (Å²) in [5.41, 5.74) is 3.33. The lowest BCUT2D eigenvalue weighted by atomic mass is 10.1. The summed E-state index contributed by atoms with van der Waals surface area (Å²) >= 11 is 12.3.